The Balaban J connectivity index is 2.25. The summed E-state index contributed by atoms with van der Waals surface area (Å²) in [5.74, 6) is 0.852. The molecular weight excluding hydrogens is 248 g/mol. The first-order valence-electron chi connectivity index (χ1n) is 6.31. The quantitative estimate of drug-likeness (QED) is 0.360. The molecule has 0 saturated carbocycles. The van der Waals surface area contributed by atoms with Gasteiger partial charge in [0.2, 0.25) is 0 Å². The molecule has 0 aliphatic carbocycles. The molecule has 18 heavy (non-hydrogen) atoms. The van der Waals surface area contributed by atoms with Crippen LogP contribution in [0.25, 0.3) is 0 Å². The Hall–Kier alpha value is -1.29. The van der Waals surface area contributed by atoms with Crippen LogP contribution in [-0.4, -0.2) is 31.1 Å². The van der Waals surface area contributed by atoms with Crippen molar-refractivity contribution in [3.63, 3.8) is 0 Å². The van der Waals surface area contributed by atoms with Crippen LogP contribution in [-0.2, 0) is 6.42 Å². The number of halogens is 1. The van der Waals surface area contributed by atoms with E-state index in [9.17, 15) is 0 Å². The van der Waals surface area contributed by atoms with Gasteiger partial charge < -0.3 is 10.6 Å². The number of hydrogen-bond donors (Lipinski definition) is 2. The maximum atomic E-state index is 5.73. The molecule has 0 spiro atoms. The molecule has 0 unspecified atom stereocenters. The molecule has 1 rings (SSSR count). The van der Waals surface area contributed by atoms with Gasteiger partial charge in [-0.25, -0.2) is 4.98 Å². The van der Waals surface area contributed by atoms with Gasteiger partial charge in [0.1, 0.15) is 5.15 Å². The van der Waals surface area contributed by atoms with Gasteiger partial charge in [-0.1, -0.05) is 31.0 Å². The Morgan fingerprint density at radius 3 is 2.72 bits per heavy atom. The Bertz CT molecular complexity index is 362. The molecule has 4 nitrogen and oxygen atoms in total. The zero-order valence-corrected chi connectivity index (χ0v) is 11.8. The predicted octanol–water partition coefficient (Wildman–Crippen LogP) is 2.24. The van der Waals surface area contributed by atoms with Gasteiger partial charge in [0.15, 0.2) is 5.96 Å². The molecule has 0 aromatic carbocycles. The molecule has 0 saturated heterocycles. The molecule has 1 aromatic rings. The smallest absolute Gasteiger partial charge is 0.190 e. The van der Waals surface area contributed by atoms with Crippen molar-refractivity contribution in [3.8, 4) is 0 Å². The van der Waals surface area contributed by atoms with E-state index in [0.29, 0.717) is 5.15 Å². The van der Waals surface area contributed by atoms with Gasteiger partial charge in [0.25, 0.3) is 0 Å². The Morgan fingerprint density at radius 1 is 1.33 bits per heavy atom. The minimum atomic E-state index is 0.531. The lowest BCUT2D eigenvalue weighted by atomic mass is 10.2. The van der Waals surface area contributed by atoms with Crippen molar-refractivity contribution < 1.29 is 0 Å². The minimum Gasteiger partial charge on any atom is -0.356 e. The third-order valence-electron chi connectivity index (χ3n) is 2.54. The number of rotatable bonds is 6. The van der Waals surface area contributed by atoms with E-state index in [2.05, 4.69) is 27.5 Å². The summed E-state index contributed by atoms with van der Waals surface area (Å²) in [6.45, 7) is 3.96. The number of unbranched alkanes of at least 4 members (excludes halogenated alkanes) is 1. The van der Waals surface area contributed by atoms with E-state index in [4.69, 9.17) is 11.6 Å². The summed E-state index contributed by atoms with van der Waals surface area (Å²) in [6.07, 6.45) is 5.04. The van der Waals surface area contributed by atoms with E-state index in [1.807, 2.05) is 12.1 Å². The molecule has 0 amide bonds. The van der Waals surface area contributed by atoms with Gasteiger partial charge in [-0.05, 0) is 24.5 Å². The van der Waals surface area contributed by atoms with Crippen molar-refractivity contribution in [1.29, 1.82) is 0 Å². The molecule has 100 valence electrons. The van der Waals surface area contributed by atoms with Gasteiger partial charge >= 0.3 is 0 Å². The molecule has 1 heterocycles. The lowest BCUT2D eigenvalue weighted by molar-refractivity contribution is 0.726. The zero-order valence-electron chi connectivity index (χ0n) is 11.0. The van der Waals surface area contributed by atoms with Gasteiger partial charge in [-0.2, -0.15) is 0 Å². The van der Waals surface area contributed by atoms with E-state index in [1.54, 1.807) is 13.2 Å². The number of pyridine rings is 1. The second kappa shape index (κ2) is 8.75. The fraction of sp³-hybridized carbons (Fsp3) is 0.538. The van der Waals surface area contributed by atoms with Crippen LogP contribution in [0.3, 0.4) is 0 Å². The Morgan fingerprint density at radius 2 is 2.11 bits per heavy atom. The van der Waals surface area contributed by atoms with Crippen LogP contribution in [0.5, 0.6) is 0 Å². The summed E-state index contributed by atoms with van der Waals surface area (Å²) in [6, 6.07) is 3.80. The molecule has 0 radical (unpaired) electrons. The van der Waals surface area contributed by atoms with Crippen LogP contribution in [0.1, 0.15) is 25.3 Å². The third kappa shape index (κ3) is 5.87. The minimum absolute atomic E-state index is 0.531. The largest absolute Gasteiger partial charge is 0.356 e. The van der Waals surface area contributed by atoms with Crippen molar-refractivity contribution in [2.24, 2.45) is 4.99 Å². The summed E-state index contributed by atoms with van der Waals surface area (Å²) in [4.78, 5) is 8.21. The lowest BCUT2D eigenvalue weighted by Crippen LogP contribution is -2.38. The topological polar surface area (TPSA) is 49.3 Å². The summed E-state index contributed by atoms with van der Waals surface area (Å²) < 4.78 is 0. The van der Waals surface area contributed by atoms with Gasteiger partial charge in [-0.15, -0.1) is 0 Å². The van der Waals surface area contributed by atoms with Gasteiger partial charge in [0, 0.05) is 26.3 Å². The highest BCUT2D eigenvalue weighted by molar-refractivity contribution is 6.29. The summed E-state index contributed by atoms with van der Waals surface area (Å²) >= 11 is 5.73. The molecular formula is C13H21ClN4. The van der Waals surface area contributed by atoms with E-state index in [0.717, 1.165) is 37.5 Å². The average molecular weight is 269 g/mol. The van der Waals surface area contributed by atoms with Crippen LogP contribution in [0.4, 0.5) is 0 Å². The van der Waals surface area contributed by atoms with Crippen molar-refractivity contribution >= 4 is 17.6 Å². The second-order valence-corrected chi connectivity index (χ2v) is 4.41. The van der Waals surface area contributed by atoms with Crippen molar-refractivity contribution in [2.75, 3.05) is 20.1 Å². The van der Waals surface area contributed by atoms with Crippen molar-refractivity contribution in [2.45, 2.75) is 26.2 Å². The number of aliphatic imine (C=N–C) groups is 1. The molecule has 0 bridgehead atoms. The fourth-order valence-corrected chi connectivity index (χ4v) is 1.60. The summed E-state index contributed by atoms with van der Waals surface area (Å²) in [7, 11) is 1.78. The van der Waals surface area contributed by atoms with E-state index >= 15 is 0 Å². The van der Waals surface area contributed by atoms with Crippen LogP contribution in [0.2, 0.25) is 5.15 Å². The maximum absolute atomic E-state index is 5.73. The monoisotopic (exact) mass is 268 g/mol. The number of nitrogens with one attached hydrogen (secondary N) is 2. The zero-order chi connectivity index (χ0) is 13.2. The van der Waals surface area contributed by atoms with Gasteiger partial charge in [0.05, 0.1) is 0 Å². The van der Waals surface area contributed by atoms with E-state index in [-0.39, 0.29) is 0 Å². The highest BCUT2D eigenvalue weighted by Crippen LogP contribution is 2.05. The Kier molecular flexibility index (Phi) is 7.18. The second-order valence-electron chi connectivity index (χ2n) is 4.02. The number of aromatic nitrogens is 1. The first kappa shape index (κ1) is 14.8. The first-order valence-corrected chi connectivity index (χ1v) is 6.69. The van der Waals surface area contributed by atoms with Crippen LogP contribution >= 0.6 is 11.6 Å². The molecule has 0 aliphatic rings. The van der Waals surface area contributed by atoms with E-state index < -0.39 is 0 Å². The highest BCUT2D eigenvalue weighted by atomic mass is 35.5. The van der Waals surface area contributed by atoms with Crippen LogP contribution < -0.4 is 10.6 Å². The lowest BCUT2D eigenvalue weighted by Gasteiger charge is -2.11. The summed E-state index contributed by atoms with van der Waals surface area (Å²) in [5, 5.41) is 7.07. The third-order valence-corrected chi connectivity index (χ3v) is 2.76. The fourth-order valence-electron chi connectivity index (χ4n) is 1.48. The highest BCUT2D eigenvalue weighted by Gasteiger charge is 1.97. The Labute approximate surface area is 114 Å². The normalized spacial score (nSPS) is 11.4. The molecule has 2 N–H and O–H groups in total. The molecule has 0 aliphatic heterocycles. The molecule has 1 aromatic heterocycles. The number of hydrogen-bond acceptors (Lipinski definition) is 2. The standard InChI is InChI=1S/C13H21ClN4/c1-3-4-8-16-13(15-2)17-9-7-11-5-6-12(14)18-10-11/h5-6,10H,3-4,7-9H2,1-2H3,(H2,15,16,17). The first-order chi connectivity index (χ1) is 8.76. The molecule has 5 heteroatoms. The summed E-state index contributed by atoms with van der Waals surface area (Å²) in [5.41, 5.74) is 1.16. The van der Waals surface area contributed by atoms with Crippen molar-refractivity contribution in [1.82, 2.24) is 15.6 Å². The maximum Gasteiger partial charge on any atom is 0.190 e. The molecule has 0 fully saturated rings. The van der Waals surface area contributed by atoms with Crippen LogP contribution in [0.15, 0.2) is 23.3 Å². The van der Waals surface area contributed by atoms with Gasteiger partial charge in [-0.3, -0.25) is 4.99 Å². The van der Waals surface area contributed by atoms with Crippen molar-refractivity contribution in [3.05, 3.63) is 29.0 Å². The van der Waals surface area contributed by atoms with Crippen LogP contribution in [0, 0.1) is 0 Å². The average Bonchev–Trinajstić information content (AvgIpc) is 2.39. The number of nitrogens with zero attached hydrogens (tertiary/aromatic N) is 2. The van der Waals surface area contributed by atoms with E-state index in [1.165, 1.54) is 6.42 Å². The number of guanidine groups is 1. The SMILES string of the molecule is CCCCNC(=NC)NCCc1ccc(Cl)nc1. The predicted molar refractivity (Wildman–Crippen MR) is 77.2 cm³/mol. The molecule has 0 atom stereocenters.